The predicted octanol–water partition coefficient (Wildman–Crippen LogP) is 4.12. The number of likely N-dealkylation sites (tertiary alicyclic amines) is 1. The van der Waals surface area contributed by atoms with Gasteiger partial charge in [-0.2, -0.15) is 0 Å². The number of aromatic amines is 1. The molecule has 0 saturated carbocycles. The second kappa shape index (κ2) is 10.3. The number of carbonyl (C=O) groups is 2. The van der Waals surface area contributed by atoms with E-state index in [1.807, 2.05) is 31.2 Å². The fourth-order valence-corrected chi connectivity index (χ4v) is 3.93. The molecule has 2 N–H and O–H groups in total. The molecule has 1 aromatic carbocycles. The Morgan fingerprint density at radius 2 is 2.07 bits per heavy atom. The smallest absolute Gasteiger partial charge is 0.270 e. The van der Waals surface area contributed by atoms with Crippen LogP contribution in [0.15, 0.2) is 24.3 Å². The lowest BCUT2D eigenvalue weighted by Gasteiger charge is -2.31. The molecule has 0 aliphatic carbocycles. The molecule has 1 aliphatic heterocycles. The number of aromatic nitrogens is 1. The standard InChI is InChI=1S/C23H33N3O3/c1-3-5-6-7-12-24-22(27)18-9-8-13-26(16-18)23(28)21-14-17-10-11-19(29-4-2)15-20(17)25-21/h10-11,14-15,18,25H,3-9,12-13,16H2,1-2H3,(H,24,27). The summed E-state index contributed by atoms with van der Waals surface area (Å²) in [6, 6.07) is 7.67. The minimum Gasteiger partial charge on any atom is -0.494 e. The van der Waals surface area contributed by atoms with Gasteiger partial charge in [0.1, 0.15) is 11.4 Å². The maximum Gasteiger partial charge on any atom is 0.270 e. The zero-order valence-electron chi connectivity index (χ0n) is 17.6. The molecule has 0 bridgehead atoms. The van der Waals surface area contributed by atoms with Gasteiger partial charge in [-0.05, 0) is 44.4 Å². The van der Waals surface area contributed by atoms with E-state index in [1.165, 1.54) is 12.8 Å². The molecule has 1 unspecified atom stereocenters. The average molecular weight is 400 g/mol. The molecule has 3 rings (SSSR count). The summed E-state index contributed by atoms with van der Waals surface area (Å²) in [5.41, 5.74) is 1.45. The third kappa shape index (κ3) is 5.52. The van der Waals surface area contributed by atoms with Crippen LogP contribution in [-0.4, -0.2) is 47.9 Å². The van der Waals surface area contributed by atoms with Gasteiger partial charge in [-0.3, -0.25) is 9.59 Å². The maximum absolute atomic E-state index is 13.0. The summed E-state index contributed by atoms with van der Waals surface area (Å²) in [5, 5.41) is 4.03. The summed E-state index contributed by atoms with van der Waals surface area (Å²) in [5.74, 6) is 0.707. The second-order valence-electron chi connectivity index (χ2n) is 7.81. The van der Waals surface area contributed by atoms with Gasteiger partial charge in [-0.25, -0.2) is 0 Å². The molecule has 1 atom stereocenters. The van der Waals surface area contributed by atoms with Crippen molar-refractivity contribution in [3.05, 3.63) is 30.0 Å². The van der Waals surface area contributed by atoms with Crippen molar-refractivity contribution in [1.82, 2.24) is 15.2 Å². The Bertz CT molecular complexity index is 830. The Balaban J connectivity index is 1.59. The molecule has 0 radical (unpaired) electrons. The molecule has 1 fully saturated rings. The minimum absolute atomic E-state index is 0.0420. The fourth-order valence-electron chi connectivity index (χ4n) is 3.93. The number of amides is 2. The van der Waals surface area contributed by atoms with Crippen molar-refractivity contribution in [2.75, 3.05) is 26.2 Å². The number of hydrogen-bond acceptors (Lipinski definition) is 3. The number of unbranched alkanes of at least 4 members (excludes halogenated alkanes) is 3. The van der Waals surface area contributed by atoms with Crippen molar-refractivity contribution >= 4 is 22.7 Å². The highest BCUT2D eigenvalue weighted by molar-refractivity contribution is 5.98. The van der Waals surface area contributed by atoms with Crippen molar-refractivity contribution in [1.29, 1.82) is 0 Å². The van der Waals surface area contributed by atoms with Crippen molar-refractivity contribution < 1.29 is 14.3 Å². The number of benzene rings is 1. The highest BCUT2D eigenvalue weighted by Crippen LogP contribution is 2.24. The van der Waals surface area contributed by atoms with Gasteiger partial charge in [-0.15, -0.1) is 0 Å². The summed E-state index contributed by atoms with van der Waals surface area (Å²) in [4.78, 5) is 30.5. The number of fused-ring (bicyclic) bond motifs is 1. The summed E-state index contributed by atoms with van der Waals surface area (Å²) >= 11 is 0. The van der Waals surface area contributed by atoms with E-state index in [9.17, 15) is 9.59 Å². The van der Waals surface area contributed by atoms with Crippen LogP contribution in [0.2, 0.25) is 0 Å². The minimum atomic E-state index is -0.118. The number of nitrogens with zero attached hydrogens (tertiary/aromatic N) is 1. The van der Waals surface area contributed by atoms with Crippen LogP contribution in [0, 0.1) is 5.92 Å². The molecule has 2 amide bonds. The Kier molecular flexibility index (Phi) is 7.55. The van der Waals surface area contributed by atoms with Gasteiger partial charge >= 0.3 is 0 Å². The highest BCUT2D eigenvalue weighted by Gasteiger charge is 2.29. The molecule has 1 saturated heterocycles. The predicted molar refractivity (Wildman–Crippen MR) is 115 cm³/mol. The molecule has 158 valence electrons. The first-order chi connectivity index (χ1) is 14.1. The van der Waals surface area contributed by atoms with Gasteiger partial charge in [0.25, 0.3) is 5.91 Å². The van der Waals surface area contributed by atoms with Crippen molar-refractivity contribution in [3.8, 4) is 5.75 Å². The topological polar surface area (TPSA) is 74.4 Å². The lowest BCUT2D eigenvalue weighted by Crippen LogP contribution is -2.45. The van der Waals surface area contributed by atoms with E-state index >= 15 is 0 Å². The van der Waals surface area contributed by atoms with E-state index in [-0.39, 0.29) is 17.7 Å². The highest BCUT2D eigenvalue weighted by atomic mass is 16.5. The summed E-state index contributed by atoms with van der Waals surface area (Å²) in [7, 11) is 0. The molecule has 6 nitrogen and oxygen atoms in total. The number of nitrogens with one attached hydrogen (secondary N) is 2. The largest absolute Gasteiger partial charge is 0.494 e. The molecule has 1 aliphatic rings. The lowest BCUT2D eigenvalue weighted by atomic mass is 9.96. The fraction of sp³-hybridized carbons (Fsp3) is 0.565. The monoisotopic (exact) mass is 399 g/mol. The zero-order valence-corrected chi connectivity index (χ0v) is 17.6. The normalized spacial score (nSPS) is 16.8. The van der Waals surface area contributed by atoms with Crippen molar-refractivity contribution in [2.45, 2.75) is 52.4 Å². The summed E-state index contributed by atoms with van der Waals surface area (Å²) in [6.45, 7) is 6.64. The van der Waals surface area contributed by atoms with E-state index in [0.717, 1.165) is 48.9 Å². The Hall–Kier alpha value is -2.50. The zero-order chi connectivity index (χ0) is 20.6. The Morgan fingerprint density at radius 1 is 1.21 bits per heavy atom. The first kappa shape index (κ1) is 21.2. The van der Waals surface area contributed by atoms with Gasteiger partial charge in [0, 0.05) is 36.6 Å². The number of rotatable bonds is 9. The van der Waals surface area contributed by atoms with Gasteiger partial charge < -0.3 is 19.9 Å². The molecule has 6 heteroatoms. The van der Waals surface area contributed by atoms with Crippen molar-refractivity contribution in [3.63, 3.8) is 0 Å². The van der Waals surface area contributed by atoms with Gasteiger partial charge in [0.15, 0.2) is 0 Å². The van der Waals surface area contributed by atoms with Crippen LogP contribution < -0.4 is 10.1 Å². The Labute approximate surface area is 173 Å². The number of hydrogen-bond donors (Lipinski definition) is 2. The van der Waals surface area contributed by atoms with Crippen LogP contribution in [0.3, 0.4) is 0 Å². The van der Waals surface area contributed by atoms with E-state index < -0.39 is 0 Å². The molecule has 2 aromatic rings. The third-order valence-corrected chi connectivity index (χ3v) is 5.54. The first-order valence-electron chi connectivity index (χ1n) is 10.9. The number of ether oxygens (including phenoxy) is 1. The van der Waals surface area contributed by atoms with Gasteiger partial charge in [0.2, 0.25) is 5.91 Å². The first-order valence-corrected chi connectivity index (χ1v) is 10.9. The van der Waals surface area contributed by atoms with Crippen LogP contribution in [0.5, 0.6) is 5.75 Å². The molecule has 2 heterocycles. The van der Waals surface area contributed by atoms with Crippen LogP contribution in [0.25, 0.3) is 10.9 Å². The van der Waals surface area contributed by atoms with Gasteiger partial charge in [-0.1, -0.05) is 26.2 Å². The lowest BCUT2D eigenvalue weighted by molar-refractivity contribution is -0.126. The van der Waals surface area contributed by atoms with E-state index in [0.29, 0.717) is 25.4 Å². The van der Waals surface area contributed by atoms with Crippen molar-refractivity contribution in [2.24, 2.45) is 5.92 Å². The van der Waals surface area contributed by atoms with E-state index in [4.69, 9.17) is 4.74 Å². The Morgan fingerprint density at radius 3 is 2.86 bits per heavy atom. The van der Waals surface area contributed by atoms with Crippen LogP contribution >= 0.6 is 0 Å². The van der Waals surface area contributed by atoms with Gasteiger partial charge in [0.05, 0.1) is 12.5 Å². The number of H-pyrrole nitrogens is 1. The van der Waals surface area contributed by atoms with Crippen LogP contribution in [0.1, 0.15) is 62.9 Å². The molecule has 0 spiro atoms. The SMILES string of the molecule is CCCCCCNC(=O)C1CCCN(C(=O)c2cc3ccc(OCC)cc3[nH]2)C1. The maximum atomic E-state index is 13.0. The van der Waals surface area contributed by atoms with E-state index in [2.05, 4.69) is 17.2 Å². The molecule has 1 aromatic heterocycles. The number of piperidine rings is 1. The summed E-state index contributed by atoms with van der Waals surface area (Å²) < 4.78 is 5.53. The van der Waals surface area contributed by atoms with Crippen LogP contribution in [0.4, 0.5) is 0 Å². The summed E-state index contributed by atoms with van der Waals surface area (Å²) in [6.07, 6.45) is 6.26. The number of carbonyl (C=O) groups excluding carboxylic acids is 2. The van der Waals surface area contributed by atoms with Crippen LogP contribution in [-0.2, 0) is 4.79 Å². The molecule has 29 heavy (non-hydrogen) atoms. The quantitative estimate of drug-likeness (QED) is 0.623. The second-order valence-corrected chi connectivity index (χ2v) is 7.81. The molecular weight excluding hydrogens is 366 g/mol. The van der Waals surface area contributed by atoms with E-state index in [1.54, 1.807) is 4.90 Å². The average Bonchev–Trinajstić information content (AvgIpc) is 3.16. The molecular formula is C23H33N3O3. The third-order valence-electron chi connectivity index (χ3n) is 5.54.